The second-order valence-electron chi connectivity index (χ2n) is 4.93. The lowest BCUT2D eigenvalue weighted by Crippen LogP contribution is -2.21. The molecule has 0 spiro atoms. The number of benzene rings is 2. The fourth-order valence-electron chi connectivity index (χ4n) is 2.29. The second kappa shape index (κ2) is 6.67. The number of nitro groups is 1. The molecule has 1 aromatic heterocycles. The predicted molar refractivity (Wildman–Crippen MR) is 94.9 cm³/mol. The average molecular weight is 339 g/mol. The van der Waals surface area contributed by atoms with Gasteiger partial charge in [0.05, 0.1) is 21.5 Å². The van der Waals surface area contributed by atoms with Gasteiger partial charge in [0.2, 0.25) is 0 Å². The van der Waals surface area contributed by atoms with E-state index in [9.17, 15) is 14.9 Å². The fraction of sp³-hybridized carbons (Fsp3) is 0.0588. The molecule has 0 saturated carbocycles. The van der Waals surface area contributed by atoms with Gasteiger partial charge in [-0.2, -0.15) is 0 Å². The highest BCUT2D eigenvalue weighted by Crippen LogP contribution is 2.22. The van der Waals surface area contributed by atoms with E-state index in [-0.39, 0.29) is 11.2 Å². The van der Waals surface area contributed by atoms with Gasteiger partial charge in [0.1, 0.15) is 0 Å². The molecule has 2 aromatic carbocycles. The average Bonchev–Trinajstić information content (AvgIpc) is 2.60. The molecule has 6 nitrogen and oxygen atoms in total. The van der Waals surface area contributed by atoms with Gasteiger partial charge in [-0.1, -0.05) is 30.0 Å². The standard InChI is InChI=1S/C17H13N3O3S/c1-2-11-24-17-18-15-6-4-3-5-14(15)16(21)19(17)12-7-9-13(10-8-12)20(22)23/h2-10H,1,11H2. The van der Waals surface area contributed by atoms with Gasteiger partial charge in [0, 0.05) is 17.9 Å². The highest BCUT2D eigenvalue weighted by atomic mass is 32.2. The lowest BCUT2D eigenvalue weighted by molar-refractivity contribution is -0.384. The number of non-ortho nitro benzene ring substituents is 1. The third kappa shape index (κ3) is 2.93. The molecule has 0 aliphatic heterocycles. The van der Waals surface area contributed by atoms with Crippen LogP contribution in [0.25, 0.3) is 16.6 Å². The van der Waals surface area contributed by atoms with Gasteiger partial charge in [-0.15, -0.1) is 6.58 Å². The quantitative estimate of drug-likeness (QED) is 0.233. The number of nitrogens with zero attached hydrogens (tertiary/aromatic N) is 3. The maximum atomic E-state index is 12.9. The third-order valence-corrected chi connectivity index (χ3v) is 4.33. The molecule has 0 unspecified atom stereocenters. The SMILES string of the molecule is C=CCSc1nc2ccccc2c(=O)n1-c1ccc([N+](=O)[O-])cc1. The summed E-state index contributed by atoms with van der Waals surface area (Å²) in [4.78, 5) is 27.8. The molecule has 24 heavy (non-hydrogen) atoms. The van der Waals surface area contributed by atoms with Crippen LogP contribution in [0.15, 0.2) is 71.1 Å². The van der Waals surface area contributed by atoms with Crippen molar-refractivity contribution in [2.45, 2.75) is 5.16 Å². The minimum absolute atomic E-state index is 0.0270. The first kappa shape index (κ1) is 15.9. The van der Waals surface area contributed by atoms with E-state index in [1.807, 2.05) is 6.07 Å². The van der Waals surface area contributed by atoms with Crippen LogP contribution in [-0.4, -0.2) is 20.2 Å². The summed E-state index contributed by atoms with van der Waals surface area (Å²) in [7, 11) is 0. The monoisotopic (exact) mass is 339 g/mol. The van der Waals surface area contributed by atoms with Crippen molar-refractivity contribution >= 4 is 28.4 Å². The lowest BCUT2D eigenvalue weighted by atomic mass is 10.2. The van der Waals surface area contributed by atoms with Crippen LogP contribution in [0, 0.1) is 10.1 Å². The number of rotatable bonds is 5. The Morgan fingerprint density at radius 3 is 2.58 bits per heavy atom. The number of nitro benzene ring substituents is 1. The zero-order valence-corrected chi connectivity index (χ0v) is 13.4. The molecule has 1 heterocycles. The number of hydrogen-bond donors (Lipinski definition) is 0. The molecular formula is C17H13N3O3S. The van der Waals surface area contributed by atoms with Gasteiger partial charge in [-0.05, 0) is 24.3 Å². The molecule has 7 heteroatoms. The molecule has 120 valence electrons. The third-order valence-electron chi connectivity index (χ3n) is 3.39. The summed E-state index contributed by atoms with van der Waals surface area (Å²) in [5, 5.41) is 11.8. The van der Waals surface area contributed by atoms with Crippen LogP contribution in [0.2, 0.25) is 0 Å². The van der Waals surface area contributed by atoms with Gasteiger partial charge in [0.25, 0.3) is 11.2 Å². The Bertz CT molecular complexity index is 981. The summed E-state index contributed by atoms with van der Waals surface area (Å²) >= 11 is 1.38. The highest BCUT2D eigenvalue weighted by molar-refractivity contribution is 7.99. The Hall–Kier alpha value is -2.93. The molecule has 3 aromatic rings. The summed E-state index contributed by atoms with van der Waals surface area (Å²) in [5.74, 6) is 0.595. The van der Waals surface area contributed by atoms with E-state index in [4.69, 9.17) is 0 Å². The Balaban J connectivity index is 2.23. The van der Waals surface area contributed by atoms with Crippen molar-refractivity contribution in [1.29, 1.82) is 0 Å². The van der Waals surface area contributed by atoms with Crippen molar-refractivity contribution < 1.29 is 4.92 Å². The van der Waals surface area contributed by atoms with Crippen LogP contribution in [-0.2, 0) is 0 Å². The zero-order chi connectivity index (χ0) is 17.1. The van der Waals surface area contributed by atoms with Crippen LogP contribution in [0.3, 0.4) is 0 Å². The zero-order valence-electron chi connectivity index (χ0n) is 12.6. The largest absolute Gasteiger partial charge is 0.269 e. The first-order valence-corrected chi connectivity index (χ1v) is 8.10. The molecule has 0 aliphatic rings. The maximum Gasteiger partial charge on any atom is 0.269 e. The van der Waals surface area contributed by atoms with Gasteiger partial charge in [-0.25, -0.2) is 4.98 Å². The van der Waals surface area contributed by atoms with Crippen LogP contribution in [0.4, 0.5) is 5.69 Å². The highest BCUT2D eigenvalue weighted by Gasteiger charge is 2.14. The smallest absolute Gasteiger partial charge is 0.268 e. The van der Waals surface area contributed by atoms with Crippen LogP contribution in [0.5, 0.6) is 0 Å². The van der Waals surface area contributed by atoms with Crippen molar-refractivity contribution in [3.05, 3.63) is 81.7 Å². The van der Waals surface area contributed by atoms with Crippen LogP contribution in [0.1, 0.15) is 0 Å². The Kier molecular flexibility index (Phi) is 4.43. The Morgan fingerprint density at radius 1 is 1.21 bits per heavy atom. The fourth-order valence-corrected chi connectivity index (χ4v) is 3.04. The summed E-state index contributed by atoms with van der Waals surface area (Å²) in [6.45, 7) is 3.68. The molecular weight excluding hydrogens is 326 g/mol. The van der Waals surface area contributed by atoms with Crippen LogP contribution < -0.4 is 5.56 Å². The normalized spacial score (nSPS) is 10.7. The minimum Gasteiger partial charge on any atom is -0.268 e. The Labute approximate surface area is 141 Å². The number of aromatic nitrogens is 2. The van der Waals surface area contributed by atoms with Crippen molar-refractivity contribution in [2.24, 2.45) is 0 Å². The Morgan fingerprint density at radius 2 is 1.92 bits per heavy atom. The van der Waals surface area contributed by atoms with Gasteiger partial charge in [-0.3, -0.25) is 19.5 Å². The van der Waals surface area contributed by atoms with Crippen molar-refractivity contribution in [3.63, 3.8) is 0 Å². The van der Waals surface area contributed by atoms with E-state index in [1.165, 1.54) is 28.5 Å². The van der Waals surface area contributed by atoms with E-state index >= 15 is 0 Å². The predicted octanol–water partition coefficient (Wildman–Crippen LogP) is 3.57. The number of fused-ring (bicyclic) bond motifs is 1. The molecule has 0 amide bonds. The maximum absolute atomic E-state index is 12.9. The molecule has 0 N–H and O–H groups in total. The van der Waals surface area contributed by atoms with Gasteiger partial charge in [0.15, 0.2) is 5.16 Å². The molecule has 0 aliphatic carbocycles. The van der Waals surface area contributed by atoms with E-state index < -0.39 is 4.92 Å². The first-order chi connectivity index (χ1) is 11.6. The van der Waals surface area contributed by atoms with Gasteiger partial charge < -0.3 is 0 Å². The number of para-hydroxylation sites is 1. The minimum atomic E-state index is -0.474. The van der Waals surface area contributed by atoms with Gasteiger partial charge >= 0.3 is 0 Å². The van der Waals surface area contributed by atoms with Crippen molar-refractivity contribution in [3.8, 4) is 5.69 Å². The summed E-state index contributed by atoms with van der Waals surface area (Å²) in [5.41, 5.74) is 0.921. The van der Waals surface area contributed by atoms with Crippen LogP contribution >= 0.6 is 11.8 Å². The summed E-state index contributed by atoms with van der Waals surface area (Å²) in [6, 6.07) is 13.0. The van der Waals surface area contributed by atoms with Crippen molar-refractivity contribution in [1.82, 2.24) is 9.55 Å². The number of hydrogen-bond acceptors (Lipinski definition) is 5. The number of thioether (sulfide) groups is 1. The summed E-state index contributed by atoms with van der Waals surface area (Å²) in [6.07, 6.45) is 1.73. The molecule has 3 rings (SSSR count). The second-order valence-corrected chi connectivity index (χ2v) is 5.91. The van der Waals surface area contributed by atoms with E-state index in [1.54, 1.807) is 36.4 Å². The van der Waals surface area contributed by atoms with E-state index in [0.29, 0.717) is 27.5 Å². The lowest BCUT2D eigenvalue weighted by Gasteiger charge is -2.12. The summed E-state index contributed by atoms with van der Waals surface area (Å²) < 4.78 is 1.47. The molecule has 0 fully saturated rings. The molecule has 0 saturated heterocycles. The molecule has 0 atom stereocenters. The van der Waals surface area contributed by atoms with Crippen molar-refractivity contribution in [2.75, 3.05) is 5.75 Å². The first-order valence-electron chi connectivity index (χ1n) is 7.12. The molecule has 0 bridgehead atoms. The van der Waals surface area contributed by atoms with E-state index in [2.05, 4.69) is 11.6 Å². The molecule has 0 radical (unpaired) electrons. The van der Waals surface area contributed by atoms with E-state index in [0.717, 1.165) is 0 Å². The topological polar surface area (TPSA) is 78.0 Å².